The Morgan fingerprint density at radius 3 is 1.14 bits per heavy atom. The minimum absolute atomic E-state index is 0. The zero-order valence-electron chi connectivity index (χ0n) is 27.1. The monoisotopic (exact) mass is 697 g/mol. The van der Waals surface area contributed by atoms with Gasteiger partial charge in [-0.2, -0.15) is 0 Å². The summed E-state index contributed by atoms with van der Waals surface area (Å²) in [6.07, 6.45) is 11.3. The first-order valence-corrected chi connectivity index (χ1v) is 18.6. The van der Waals surface area contributed by atoms with Crippen molar-refractivity contribution in [2.24, 2.45) is 0 Å². The Morgan fingerprint density at radius 2 is 0.818 bits per heavy atom. The maximum Gasteiger partial charge on any atom is -0.147 e. The predicted molar refractivity (Wildman–Crippen MR) is 199 cm³/mol. The van der Waals surface area contributed by atoms with Crippen molar-refractivity contribution in [3.63, 3.8) is 0 Å². The van der Waals surface area contributed by atoms with E-state index >= 15 is 0 Å². The zero-order chi connectivity index (χ0) is 29.2. The van der Waals surface area contributed by atoms with Gasteiger partial charge in [0.15, 0.2) is 0 Å². The minimum Gasteiger partial charge on any atom is -0.147 e. The van der Waals surface area contributed by atoms with Crippen LogP contribution >= 0.6 is 37.2 Å². The molecule has 1 aliphatic carbocycles. The van der Waals surface area contributed by atoms with Crippen LogP contribution in [0.25, 0.3) is 6.08 Å². The molecule has 0 bridgehead atoms. The van der Waals surface area contributed by atoms with Crippen LogP contribution in [0.15, 0.2) is 84.9 Å². The number of rotatable bonds is 10. The summed E-state index contributed by atoms with van der Waals surface area (Å²) in [4.78, 5) is 0. The van der Waals surface area contributed by atoms with Crippen LogP contribution in [-0.4, -0.2) is 8.07 Å². The van der Waals surface area contributed by atoms with Gasteiger partial charge < -0.3 is 0 Å². The number of fused-ring (bicyclic) bond motifs is 1. The molecular formula is C39H48Cl3SiTi. The van der Waals surface area contributed by atoms with Gasteiger partial charge in [-0.3, -0.25) is 0 Å². The summed E-state index contributed by atoms with van der Waals surface area (Å²) in [5, 5.41) is 4.68. The predicted octanol–water partition coefficient (Wildman–Crippen LogP) is 8.80. The van der Waals surface area contributed by atoms with E-state index in [9.17, 15) is 0 Å². The van der Waals surface area contributed by atoms with Crippen molar-refractivity contribution in [3.8, 4) is 0 Å². The summed E-state index contributed by atoms with van der Waals surface area (Å²) < 4.78 is -0.143. The van der Waals surface area contributed by atoms with E-state index in [1.165, 1.54) is 44.5 Å². The van der Waals surface area contributed by atoms with Gasteiger partial charge in [-0.15, -0.1) is 37.2 Å². The van der Waals surface area contributed by atoms with Gasteiger partial charge >= 0.3 is 263 Å². The van der Waals surface area contributed by atoms with Crippen LogP contribution in [0.1, 0.15) is 86.1 Å². The topological polar surface area (TPSA) is 0 Å². The molecule has 1 atom stereocenters. The quantitative estimate of drug-likeness (QED) is 0.115. The van der Waals surface area contributed by atoms with Crippen LogP contribution in [0.4, 0.5) is 0 Å². The summed E-state index contributed by atoms with van der Waals surface area (Å²) in [5.74, 6) is 0. The molecule has 0 aliphatic heterocycles. The maximum absolute atomic E-state index is 2.74. The molecule has 1 aliphatic rings. The summed E-state index contributed by atoms with van der Waals surface area (Å²) in [6, 6.07) is 32.1. The Labute approximate surface area is 298 Å². The van der Waals surface area contributed by atoms with E-state index in [0.29, 0.717) is 0 Å². The molecule has 0 fully saturated rings. The second kappa shape index (κ2) is 16.3. The van der Waals surface area contributed by atoms with Crippen molar-refractivity contribution in [1.29, 1.82) is 0 Å². The van der Waals surface area contributed by atoms with Gasteiger partial charge in [0, 0.05) is 0 Å². The zero-order valence-corrected chi connectivity index (χ0v) is 32.1. The first kappa shape index (κ1) is 38.6. The molecule has 1 unspecified atom stereocenters. The van der Waals surface area contributed by atoms with Crippen LogP contribution < -0.4 is 15.6 Å². The number of benzene rings is 4. The number of aryl methyl sites for hydroxylation is 6. The van der Waals surface area contributed by atoms with Crippen molar-refractivity contribution < 1.29 is 20.4 Å². The third kappa shape index (κ3) is 6.76. The Morgan fingerprint density at radius 1 is 0.500 bits per heavy atom. The molecular weight excluding hydrogens is 651 g/mol. The fourth-order valence-electron chi connectivity index (χ4n) is 6.98. The Balaban J connectivity index is 0.00000225. The van der Waals surface area contributed by atoms with Crippen molar-refractivity contribution >= 4 is 66.9 Å². The Hall–Kier alpha value is -1.58. The van der Waals surface area contributed by atoms with Crippen molar-refractivity contribution in [2.75, 3.05) is 0 Å². The summed E-state index contributed by atoms with van der Waals surface area (Å²) in [7, 11) is -2.74. The van der Waals surface area contributed by atoms with Crippen molar-refractivity contribution in [2.45, 2.75) is 83.4 Å². The van der Waals surface area contributed by atoms with Gasteiger partial charge in [0.05, 0.1) is 0 Å². The van der Waals surface area contributed by atoms with Gasteiger partial charge in [-0.1, -0.05) is 0 Å². The molecule has 5 heteroatoms. The fourth-order valence-corrected chi connectivity index (χ4v) is 15.2. The van der Waals surface area contributed by atoms with E-state index in [0.717, 1.165) is 38.5 Å². The number of allylic oxidation sites excluding steroid dienone is 1. The number of hydrogen-bond donors (Lipinski definition) is 0. The molecule has 0 nitrogen and oxygen atoms in total. The SMILES string of the molecule is CCc1cc(CC)cc([Si](c2cc(CC)cc(CC)c2)(c2cc(CC)cc(CC)c2)[C]2([Ti])C=Cc3ccccc32)c1.Cl.Cl.Cl. The fraction of sp³-hybridized carbons (Fsp3) is 0.333. The van der Waals surface area contributed by atoms with Gasteiger partial charge in [-0.05, 0) is 0 Å². The molecule has 44 heavy (non-hydrogen) atoms. The Kier molecular flexibility index (Phi) is 14.3. The molecule has 0 saturated carbocycles. The van der Waals surface area contributed by atoms with Crippen LogP contribution in [0.2, 0.25) is 0 Å². The Bertz CT molecular complexity index is 1390. The molecule has 0 aromatic heterocycles. The molecule has 0 heterocycles. The standard InChI is InChI=1S/C39H45Si.3ClH.Ti/c1-7-28-19-29(8-2)23-35(22-28)40(36-24-30(9-3)20-31(10-4)25-36,37-26-32(11-5)21-33(12-6)27-37)39-18-17-34-15-13-14-16-38(34)39;;;;/h13-27H,7-12H2,1-6H3;3*1H;. The number of hydrogen-bond acceptors (Lipinski definition) is 0. The van der Waals surface area contributed by atoms with E-state index in [4.69, 9.17) is 0 Å². The van der Waals surface area contributed by atoms with Gasteiger partial charge in [-0.25, -0.2) is 0 Å². The third-order valence-corrected chi connectivity index (χ3v) is 16.9. The molecule has 4 aromatic carbocycles. The smallest absolute Gasteiger partial charge is 0.147 e. The molecule has 233 valence electrons. The third-order valence-electron chi connectivity index (χ3n) is 9.40. The van der Waals surface area contributed by atoms with E-state index < -0.39 is 8.07 Å². The molecule has 5 rings (SSSR count). The van der Waals surface area contributed by atoms with Crippen LogP contribution in [0, 0.1) is 0 Å². The van der Waals surface area contributed by atoms with E-state index in [2.05, 4.69) is 153 Å². The van der Waals surface area contributed by atoms with Gasteiger partial charge in [0.2, 0.25) is 0 Å². The van der Waals surface area contributed by atoms with Gasteiger partial charge in [0.1, 0.15) is 0 Å². The van der Waals surface area contributed by atoms with E-state index in [1.807, 2.05) is 0 Å². The first-order chi connectivity index (χ1) is 19.9. The van der Waals surface area contributed by atoms with Gasteiger partial charge in [0.25, 0.3) is 0 Å². The summed E-state index contributed by atoms with van der Waals surface area (Å²) in [5.41, 5.74) is 11.6. The molecule has 4 aromatic rings. The molecule has 0 spiro atoms. The summed E-state index contributed by atoms with van der Waals surface area (Å²) >= 11 is 2.57. The average molecular weight is 699 g/mol. The first-order valence-electron chi connectivity index (χ1n) is 15.8. The second-order valence-electron chi connectivity index (χ2n) is 11.7. The van der Waals surface area contributed by atoms with Crippen LogP contribution in [-0.2, 0) is 62.3 Å². The van der Waals surface area contributed by atoms with Crippen molar-refractivity contribution in [3.05, 3.63) is 129 Å². The second-order valence-corrected chi connectivity index (χ2v) is 17.7. The largest absolute Gasteiger partial charge is 0.147 e. The molecule has 0 N–H and O–H groups in total. The van der Waals surface area contributed by atoms with E-state index in [1.54, 1.807) is 15.6 Å². The van der Waals surface area contributed by atoms with Crippen LogP contribution in [0.5, 0.6) is 0 Å². The summed E-state index contributed by atoms with van der Waals surface area (Å²) in [6.45, 7) is 13.9. The van der Waals surface area contributed by atoms with E-state index in [-0.39, 0.29) is 40.6 Å². The number of halogens is 3. The van der Waals surface area contributed by atoms with Crippen molar-refractivity contribution in [1.82, 2.24) is 0 Å². The molecule has 0 saturated heterocycles. The normalized spacial score (nSPS) is 15.1. The maximum atomic E-state index is 2.60. The van der Waals surface area contributed by atoms with Crippen LogP contribution in [0.3, 0.4) is 0 Å². The average Bonchev–Trinajstić information content (AvgIpc) is 3.37. The minimum atomic E-state index is -2.74. The molecule has 0 amide bonds. The molecule has 0 radical (unpaired) electrons.